The summed E-state index contributed by atoms with van der Waals surface area (Å²) < 4.78 is 27.8. The summed E-state index contributed by atoms with van der Waals surface area (Å²) in [7, 11) is -3.28. The Bertz CT molecular complexity index is 934. The van der Waals surface area contributed by atoms with Gasteiger partial charge in [0.1, 0.15) is 11.8 Å². The summed E-state index contributed by atoms with van der Waals surface area (Å²) >= 11 is 0. The van der Waals surface area contributed by atoms with Crippen molar-refractivity contribution < 1.29 is 22.5 Å². The molecule has 0 bridgehead atoms. The Balaban J connectivity index is 1.72. The van der Waals surface area contributed by atoms with Crippen LogP contribution in [0.2, 0.25) is 0 Å². The molecule has 0 N–H and O–H groups in total. The van der Waals surface area contributed by atoms with E-state index in [2.05, 4.69) is 5.16 Å². The van der Waals surface area contributed by atoms with E-state index in [0.717, 1.165) is 6.26 Å². The number of benzene rings is 1. The maximum Gasteiger partial charge on any atom is 0.277 e. The summed E-state index contributed by atoms with van der Waals surface area (Å²) in [4.78, 5) is 25.5. The van der Waals surface area contributed by atoms with Gasteiger partial charge in [-0.3, -0.25) is 14.6 Å². The van der Waals surface area contributed by atoms with Crippen molar-refractivity contribution >= 4 is 21.7 Å². The maximum absolute atomic E-state index is 12.6. The van der Waals surface area contributed by atoms with Crippen LogP contribution in [0.1, 0.15) is 28.0 Å². The van der Waals surface area contributed by atoms with Gasteiger partial charge in [-0.25, -0.2) is 13.4 Å². The van der Waals surface area contributed by atoms with Crippen molar-refractivity contribution in [2.24, 2.45) is 0 Å². The highest BCUT2D eigenvalue weighted by atomic mass is 32.2. The molecule has 2 heterocycles. The monoisotopic (exact) mass is 377 g/mol. The number of hydrazine groups is 1. The fourth-order valence-electron chi connectivity index (χ4n) is 2.84. The lowest BCUT2D eigenvalue weighted by Gasteiger charge is -2.27. The van der Waals surface area contributed by atoms with E-state index in [4.69, 9.17) is 4.52 Å². The standard InChI is InChI=1S/C17H19N3O5S/c1-12-15(11-25-18-12)17(22)20-9-3-8-19(20)16(21)10-13-4-6-14(7-5-13)26(2,23)24/h4-7,11H,3,8-10H2,1-2H3. The lowest BCUT2D eigenvalue weighted by atomic mass is 10.1. The third-order valence-electron chi connectivity index (χ3n) is 4.24. The summed E-state index contributed by atoms with van der Waals surface area (Å²) in [6.07, 6.45) is 3.18. The number of sulfone groups is 1. The average Bonchev–Trinajstić information content (AvgIpc) is 3.22. The minimum absolute atomic E-state index is 0.0798. The first-order valence-corrected chi connectivity index (χ1v) is 9.98. The van der Waals surface area contributed by atoms with Gasteiger partial charge in [-0.1, -0.05) is 17.3 Å². The second kappa shape index (κ2) is 6.91. The molecule has 0 unspecified atom stereocenters. The summed E-state index contributed by atoms with van der Waals surface area (Å²) in [6.45, 7) is 2.57. The second-order valence-corrected chi connectivity index (χ2v) is 8.22. The number of aromatic nitrogens is 1. The second-order valence-electron chi connectivity index (χ2n) is 6.21. The van der Waals surface area contributed by atoms with Crippen molar-refractivity contribution in [1.29, 1.82) is 0 Å². The molecule has 8 nitrogen and oxygen atoms in total. The quantitative estimate of drug-likeness (QED) is 0.794. The highest BCUT2D eigenvalue weighted by Crippen LogP contribution is 2.19. The van der Waals surface area contributed by atoms with Crippen LogP contribution in [-0.4, -0.2) is 54.8 Å². The van der Waals surface area contributed by atoms with Crippen molar-refractivity contribution in [1.82, 2.24) is 15.2 Å². The molecule has 1 fully saturated rings. The zero-order chi connectivity index (χ0) is 18.9. The van der Waals surface area contributed by atoms with Gasteiger partial charge >= 0.3 is 0 Å². The number of aryl methyl sites for hydroxylation is 1. The molecular formula is C17H19N3O5S. The van der Waals surface area contributed by atoms with Gasteiger partial charge in [-0.2, -0.15) is 0 Å². The van der Waals surface area contributed by atoms with E-state index in [0.29, 0.717) is 36.3 Å². The van der Waals surface area contributed by atoms with Gasteiger partial charge in [0.05, 0.1) is 17.0 Å². The van der Waals surface area contributed by atoms with Crippen molar-refractivity contribution in [3.8, 4) is 0 Å². The predicted octanol–water partition coefficient (Wildman–Crippen LogP) is 1.22. The number of rotatable bonds is 4. The van der Waals surface area contributed by atoms with Gasteiger partial charge in [0.25, 0.3) is 5.91 Å². The molecule has 2 amide bonds. The molecule has 0 atom stereocenters. The van der Waals surface area contributed by atoms with Crippen LogP contribution in [0.25, 0.3) is 0 Å². The van der Waals surface area contributed by atoms with Crippen LogP contribution in [0.3, 0.4) is 0 Å². The van der Waals surface area contributed by atoms with E-state index >= 15 is 0 Å². The van der Waals surface area contributed by atoms with E-state index < -0.39 is 9.84 Å². The third-order valence-corrected chi connectivity index (χ3v) is 5.37. The van der Waals surface area contributed by atoms with Gasteiger partial charge in [0.15, 0.2) is 9.84 Å². The third kappa shape index (κ3) is 3.62. The van der Waals surface area contributed by atoms with E-state index in [-0.39, 0.29) is 23.1 Å². The average molecular weight is 377 g/mol. The number of hydrogen-bond acceptors (Lipinski definition) is 6. The Morgan fingerprint density at radius 1 is 1.15 bits per heavy atom. The van der Waals surface area contributed by atoms with Crippen LogP contribution in [0.15, 0.2) is 39.9 Å². The first-order chi connectivity index (χ1) is 12.3. The normalized spacial score (nSPS) is 14.7. The minimum Gasteiger partial charge on any atom is -0.364 e. The summed E-state index contributed by atoms with van der Waals surface area (Å²) in [5, 5.41) is 6.54. The van der Waals surface area contributed by atoms with Crippen molar-refractivity contribution in [3.05, 3.63) is 47.3 Å². The summed E-state index contributed by atoms with van der Waals surface area (Å²) in [6, 6.07) is 6.18. The molecular weight excluding hydrogens is 358 g/mol. The molecule has 0 spiro atoms. The van der Waals surface area contributed by atoms with Crippen molar-refractivity contribution in [2.75, 3.05) is 19.3 Å². The van der Waals surface area contributed by atoms with Gasteiger partial charge in [-0.15, -0.1) is 0 Å². The molecule has 9 heteroatoms. The molecule has 2 aromatic rings. The molecule has 26 heavy (non-hydrogen) atoms. The Kier molecular flexibility index (Phi) is 4.82. The van der Waals surface area contributed by atoms with Crippen molar-refractivity contribution in [3.63, 3.8) is 0 Å². The molecule has 1 aromatic heterocycles. The number of carbonyl (C=O) groups excluding carboxylic acids is 2. The van der Waals surface area contributed by atoms with Crippen LogP contribution >= 0.6 is 0 Å². The highest BCUT2D eigenvalue weighted by molar-refractivity contribution is 7.90. The molecule has 0 radical (unpaired) electrons. The Labute approximate surface area is 151 Å². The lowest BCUT2D eigenvalue weighted by molar-refractivity contribution is -0.139. The molecule has 0 saturated carbocycles. The largest absolute Gasteiger partial charge is 0.364 e. The molecule has 0 aliphatic carbocycles. The highest BCUT2D eigenvalue weighted by Gasteiger charge is 2.32. The van der Waals surface area contributed by atoms with Gasteiger partial charge in [0.2, 0.25) is 5.91 Å². The number of hydrogen-bond donors (Lipinski definition) is 0. The van der Waals surface area contributed by atoms with E-state index in [1.165, 1.54) is 28.4 Å². The zero-order valence-corrected chi connectivity index (χ0v) is 15.3. The van der Waals surface area contributed by atoms with Crippen LogP contribution < -0.4 is 0 Å². The van der Waals surface area contributed by atoms with Crippen molar-refractivity contribution in [2.45, 2.75) is 24.7 Å². The number of amides is 2. The first-order valence-electron chi connectivity index (χ1n) is 8.09. The van der Waals surface area contributed by atoms with Crippen LogP contribution in [-0.2, 0) is 21.1 Å². The molecule has 3 rings (SSSR count). The van der Waals surface area contributed by atoms with Gasteiger partial charge in [-0.05, 0) is 31.0 Å². The SMILES string of the molecule is Cc1nocc1C(=O)N1CCCN1C(=O)Cc1ccc(S(C)(=O)=O)cc1. The Hall–Kier alpha value is -2.68. The van der Waals surface area contributed by atoms with E-state index in [1.807, 2.05) is 0 Å². The topological polar surface area (TPSA) is 101 Å². The fourth-order valence-corrected chi connectivity index (χ4v) is 3.47. The van der Waals surface area contributed by atoms with Crippen LogP contribution in [0, 0.1) is 6.92 Å². The van der Waals surface area contributed by atoms with Crippen LogP contribution in [0.4, 0.5) is 0 Å². The Morgan fingerprint density at radius 3 is 2.38 bits per heavy atom. The molecule has 138 valence electrons. The minimum atomic E-state index is -3.28. The number of carbonyl (C=O) groups is 2. The fraction of sp³-hybridized carbons (Fsp3) is 0.353. The molecule has 1 aliphatic heterocycles. The maximum atomic E-state index is 12.6. The van der Waals surface area contributed by atoms with Crippen LogP contribution in [0.5, 0.6) is 0 Å². The van der Waals surface area contributed by atoms with Gasteiger partial charge in [0, 0.05) is 19.3 Å². The summed E-state index contributed by atoms with van der Waals surface area (Å²) in [5.41, 5.74) is 1.50. The van der Waals surface area contributed by atoms with Gasteiger partial charge < -0.3 is 4.52 Å². The smallest absolute Gasteiger partial charge is 0.277 e. The number of nitrogens with zero attached hydrogens (tertiary/aromatic N) is 3. The van der Waals surface area contributed by atoms with E-state index in [1.54, 1.807) is 19.1 Å². The molecule has 1 aliphatic rings. The van der Waals surface area contributed by atoms with E-state index in [9.17, 15) is 18.0 Å². The zero-order valence-electron chi connectivity index (χ0n) is 14.5. The molecule has 1 saturated heterocycles. The molecule has 1 aromatic carbocycles. The predicted molar refractivity (Wildman–Crippen MR) is 91.9 cm³/mol. The first kappa shape index (κ1) is 18.1. The summed E-state index contributed by atoms with van der Waals surface area (Å²) in [5.74, 6) is -0.543. The lowest BCUT2D eigenvalue weighted by Crippen LogP contribution is -2.45. The Morgan fingerprint density at radius 2 is 1.81 bits per heavy atom.